The Bertz CT molecular complexity index is 400. The zero-order chi connectivity index (χ0) is 13.9. The second-order valence-electron chi connectivity index (χ2n) is 5.92. The first-order chi connectivity index (χ1) is 9.04. The van der Waals surface area contributed by atoms with E-state index in [1.165, 1.54) is 12.1 Å². The minimum Gasteiger partial charge on any atom is -0.494 e. The zero-order valence-electron chi connectivity index (χ0n) is 12.6. The first kappa shape index (κ1) is 14.2. The highest BCUT2D eigenvalue weighted by atomic mass is 16.5. The molecule has 0 bridgehead atoms. The Morgan fingerprint density at radius 2 is 2.00 bits per heavy atom. The highest BCUT2D eigenvalue weighted by Gasteiger charge is 2.32. The number of nitrogens with zero attached hydrogens (tertiary/aromatic N) is 1. The van der Waals surface area contributed by atoms with Gasteiger partial charge in [-0.15, -0.1) is 0 Å². The van der Waals surface area contributed by atoms with Crippen molar-refractivity contribution in [3.05, 3.63) is 24.3 Å². The van der Waals surface area contributed by atoms with Crippen molar-refractivity contribution in [1.29, 1.82) is 0 Å². The molecule has 0 radical (unpaired) electrons. The van der Waals surface area contributed by atoms with E-state index in [2.05, 4.69) is 55.3 Å². The molecule has 1 unspecified atom stereocenters. The fourth-order valence-electron chi connectivity index (χ4n) is 2.99. The number of nitrogens with one attached hydrogen (secondary N) is 1. The molecule has 1 atom stereocenters. The highest BCUT2D eigenvalue weighted by Crippen LogP contribution is 2.30. The summed E-state index contributed by atoms with van der Waals surface area (Å²) in [5, 5.41) is 3.53. The molecule has 0 amide bonds. The second-order valence-corrected chi connectivity index (χ2v) is 5.92. The summed E-state index contributed by atoms with van der Waals surface area (Å²) in [6.07, 6.45) is 1.18. The minimum absolute atomic E-state index is 0.128. The van der Waals surface area contributed by atoms with Crippen LogP contribution >= 0.6 is 0 Å². The summed E-state index contributed by atoms with van der Waals surface area (Å²) in [4.78, 5) is 2.53. The Hall–Kier alpha value is -1.22. The van der Waals surface area contributed by atoms with Crippen molar-refractivity contribution >= 4 is 5.69 Å². The molecule has 1 N–H and O–H groups in total. The van der Waals surface area contributed by atoms with Gasteiger partial charge in [0.05, 0.1) is 6.61 Å². The zero-order valence-corrected chi connectivity index (χ0v) is 12.6. The van der Waals surface area contributed by atoms with Gasteiger partial charge in [0, 0.05) is 23.8 Å². The van der Waals surface area contributed by atoms with Gasteiger partial charge in [-0.2, -0.15) is 0 Å². The molecule has 2 rings (SSSR count). The van der Waals surface area contributed by atoms with Crippen LogP contribution in [-0.4, -0.2) is 31.3 Å². The average molecular weight is 262 g/mol. The van der Waals surface area contributed by atoms with Crippen LogP contribution in [0.5, 0.6) is 5.75 Å². The van der Waals surface area contributed by atoms with E-state index < -0.39 is 0 Å². The topological polar surface area (TPSA) is 24.5 Å². The molecule has 1 aliphatic heterocycles. The average Bonchev–Trinajstić information content (AvgIpc) is 2.49. The Kier molecular flexibility index (Phi) is 4.35. The number of rotatable bonds is 3. The van der Waals surface area contributed by atoms with E-state index in [9.17, 15) is 0 Å². The molecule has 3 nitrogen and oxygen atoms in total. The van der Waals surface area contributed by atoms with E-state index >= 15 is 0 Å². The predicted molar refractivity (Wildman–Crippen MR) is 81.1 cm³/mol. The molecule has 0 aromatic heterocycles. The van der Waals surface area contributed by atoms with Crippen LogP contribution in [0, 0.1) is 0 Å². The van der Waals surface area contributed by atoms with Crippen molar-refractivity contribution < 1.29 is 4.74 Å². The van der Waals surface area contributed by atoms with Gasteiger partial charge in [-0.3, -0.25) is 0 Å². The van der Waals surface area contributed by atoms with Crippen LogP contribution in [0.1, 0.15) is 34.1 Å². The maximum atomic E-state index is 5.52. The van der Waals surface area contributed by atoms with Crippen molar-refractivity contribution in [1.82, 2.24) is 5.32 Å². The maximum Gasteiger partial charge on any atom is 0.119 e. The largest absolute Gasteiger partial charge is 0.494 e. The summed E-state index contributed by atoms with van der Waals surface area (Å²) in [6.45, 7) is 11.8. The molecule has 0 spiro atoms. The van der Waals surface area contributed by atoms with Crippen molar-refractivity contribution in [3.8, 4) is 5.75 Å². The lowest BCUT2D eigenvalue weighted by atomic mass is 9.99. The number of anilines is 1. The van der Waals surface area contributed by atoms with Gasteiger partial charge < -0.3 is 15.0 Å². The summed E-state index contributed by atoms with van der Waals surface area (Å²) >= 11 is 0. The lowest BCUT2D eigenvalue weighted by Gasteiger charge is -2.42. The quantitative estimate of drug-likeness (QED) is 0.906. The van der Waals surface area contributed by atoms with E-state index in [4.69, 9.17) is 4.74 Å². The SMILES string of the molecule is CCOc1ccc(N2C(C)CCNCC2(C)C)cc1. The third-order valence-electron chi connectivity index (χ3n) is 3.82. The predicted octanol–water partition coefficient (Wildman–Crippen LogP) is 3.05. The van der Waals surface area contributed by atoms with Gasteiger partial charge in [0.1, 0.15) is 5.75 Å². The van der Waals surface area contributed by atoms with E-state index in [1.54, 1.807) is 0 Å². The molecule has 0 saturated carbocycles. The number of benzene rings is 1. The summed E-state index contributed by atoms with van der Waals surface area (Å²) in [7, 11) is 0. The van der Waals surface area contributed by atoms with E-state index in [0.29, 0.717) is 6.04 Å². The molecule has 1 aromatic carbocycles. The Labute approximate surface area is 116 Å². The van der Waals surface area contributed by atoms with Gasteiger partial charge in [0.25, 0.3) is 0 Å². The molecule has 0 aliphatic carbocycles. The smallest absolute Gasteiger partial charge is 0.119 e. The number of hydrogen-bond acceptors (Lipinski definition) is 3. The number of ether oxygens (including phenoxy) is 1. The van der Waals surface area contributed by atoms with Gasteiger partial charge in [-0.25, -0.2) is 0 Å². The van der Waals surface area contributed by atoms with Gasteiger partial charge in [0.2, 0.25) is 0 Å². The molecule has 1 aromatic rings. The molecule has 3 heteroatoms. The summed E-state index contributed by atoms with van der Waals surface area (Å²) in [6, 6.07) is 9.03. The molecular formula is C16H26N2O. The monoisotopic (exact) mass is 262 g/mol. The molecule has 19 heavy (non-hydrogen) atoms. The molecular weight excluding hydrogens is 236 g/mol. The third kappa shape index (κ3) is 3.21. The van der Waals surface area contributed by atoms with Crippen molar-refractivity contribution in [3.63, 3.8) is 0 Å². The van der Waals surface area contributed by atoms with Gasteiger partial charge in [-0.05, 0) is 64.9 Å². The third-order valence-corrected chi connectivity index (χ3v) is 3.82. The van der Waals surface area contributed by atoms with Crippen LogP contribution in [0.3, 0.4) is 0 Å². The summed E-state index contributed by atoms with van der Waals surface area (Å²) in [5.41, 5.74) is 1.41. The van der Waals surface area contributed by atoms with Crippen LogP contribution < -0.4 is 15.0 Å². The fraction of sp³-hybridized carbons (Fsp3) is 0.625. The lowest BCUT2D eigenvalue weighted by Crippen LogP contribution is -2.51. The minimum atomic E-state index is 0.128. The summed E-state index contributed by atoms with van der Waals surface area (Å²) < 4.78 is 5.52. The van der Waals surface area contributed by atoms with Crippen molar-refractivity contribution in [2.75, 3.05) is 24.6 Å². The van der Waals surface area contributed by atoms with Gasteiger partial charge >= 0.3 is 0 Å². The molecule has 1 saturated heterocycles. The Morgan fingerprint density at radius 3 is 2.63 bits per heavy atom. The van der Waals surface area contributed by atoms with Crippen LogP contribution in [0.2, 0.25) is 0 Å². The van der Waals surface area contributed by atoms with Crippen molar-refractivity contribution in [2.24, 2.45) is 0 Å². The van der Waals surface area contributed by atoms with E-state index in [0.717, 1.165) is 25.4 Å². The number of hydrogen-bond donors (Lipinski definition) is 1. The first-order valence-electron chi connectivity index (χ1n) is 7.27. The first-order valence-corrected chi connectivity index (χ1v) is 7.27. The standard InChI is InChI=1S/C16H26N2O/c1-5-19-15-8-6-14(7-9-15)18-13(2)10-11-17-12-16(18,3)4/h6-9,13,17H,5,10-12H2,1-4H3. The highest BCUT2D eigenvalue weighted by molar-refractivity contribution is 5.52. The van der Waals surface area contributed by atoms with Gasteiger partial charge in [-0.1, -0.05) is 0 Å². The molecule has 1 aliphatic rings. The molecule has 1 fully saturated rings. The van der Waals surface area contributed by atoms with E-state index in [-0.39, 0.29) is 5.54 Å². The van der Waals surface area contributed by atoms with E-state index in [1.807, 2.05) is 6.92 Å². The van der Waals surface area contributed by atoms with Crippen molar-refractivity contribution in [2.45, 2.75) is 45.7 Å². The van der Waals surface area contributed by atoms with Crippen LogP contribution in [0.15, 0.2) is 24.3 Å². The maximum absolute atomic E-state index is 5.52. The van der Waals surface area contributed by atoms with Crippen LogP contribution in [-0.2, 0) is 0 Å². The fourth-order valence-corrected chi connectivity index (χ4v) is 2.99. The molecule has 106 valence electrons. The van der Waals surface area contributed by atoms with Gasteiger partial charge in [0.15, 0.2) is 0 Å². The normalized spacial score (nSPS) is 22.9. The van der Waals surface area contributed by atoms with Crippen LogP contribution in [0.25, 0.3) is 0 Å². The Morgan fingerprint density at radius 1 is 1.32 bits per heavy atom. The summed E-state index contributed by atoms with van der Waals surface area (Å²) in [5.74, 6) is 0.949. The van der Waals surface area contributed by atoms with Crippen LogP contribution in [0.4, 0.5) is 5.69 Å². The Balaban J connectivity index is 2.25. The lowest BCUT2D eigenvalue weighted by molar-refractivity contribution is 0.340. The molecule has 1 heterocycles. The second kappa shape index (κ2) is 5.83.